The molecule has 0 saturated carbocycles. The molecule has 7 heteroatoms. The summed E-state index contributed by atoms with van der Waals surface area (Å²) in [5, 5.41) is -0.0132. The highest BCUT2D eigenvalue weighted by atomic mass is 19.2. The fraction of sp³-hybridized carbons (Fsp3) is 0.174. The van der Waals surface area contributed by atoms with Gasteiger partial charge in [0.1, 0.15) is 0 Å². The summed E-state index contributed by atoms with van der Waals surface area (Å²) in [6, 6.07) is 4.28. The smallest absolute Gasteiger partial charge is 0.252 e. The van der Waals surface area contributed by atoms with Crippen LogP contribution in [0.5, 0.6) is 0 Å². The molecule has 0 unspecified atom stereocenters. The Morgan fingerprint density at radius 2 is 2.03 bits per heavy atom. The summed E-state index contributed by atoms with van der Waals surface area (Å²) in [6.45, 7) is 3.82. The molecular formula is C23H19F2N3O2. The van der Waals surface area contributed by atoms with Gasteiger partial charge in [-0.3, -0.25) is 14.6 Å². The van der Waals surface area contributed by atoms with Gasteiger partial charge >= 0.3 is 0 Å². The number of nitrogens with zero attached hydrogens (tertiary/aromatic N) is 2. The lowest BCUT2D eigenvalue weighted by atomic mass is 10.0. The Bertz CT molecular complexity index is 1290. The van der Waals surface area contributed by atoms with E-state index in [9.17, 15) is 18.4 Å². The van der Waals surface area contributed by atoms with E-state index < -0.39 is 17.2 Å². The number of hydrogen-bond acceptors (Lipinski definition) is 3. The SMILES string of the molecule is Cc1cncc(C2=CCN(C(=O)Cc3c(C)c4c(F)c(F)ccc4[nH]c3=O)C=C2)c1. The third-order valence-electron chi connectivity index (χ3n) is 5.24. The highest BCUT2D eigenvalue weighted by Gasteiger charge is 2.20. The Balaban J connectivity index is 1.58. The monoisotopic (exact) mass is 407 g/mol. The third kappa shape index (κ3) is 3.54. The summed E-state index contributed by atoms with van der Waals surface area (Å²) < 4.78 is 27.9. The molecule has 0 atom stereocenters. The standard InChI is InChI=1S/C23H19F2N3O2/c1-13-9-16(12-26-11-13)15-5-7-28(8-6-15)20(29)10-17-14(2)21-19(27-23(17)30)4-3-18(24)22(21)25/h3-7,9,11-12H,8,10H2,1-2H3,(H,27,30). The van der Waals surface area contributed by atoms with Gasteiger partial charge in [0.2, 0.25) is 5.91 Å². The normalized spacial score (nSPS) is 13.6. The average Bonchev–Trinajstić information content (AvgIpc) is 2.73. The summed E-state index contributed by atoms with van der Waals surface area (Å²) in [4.78, 5) is 33.4. The third-order valence-corrected chi connectivity index (χ3v) is 5.24. The molecule has 1 aliphatic rings. The second-order valence-corrected chi connectivity index (χ2v) is 7.29. The molecule has 1 amide bonds. The first kappa shape index (κ1) is 19.7. The van der Waals surface area contributed by atoms with Crippen molar-refractivity contribution < 1.29 is 13.6 Å². The molecule has 4 rings (SSSR count). The number of allylic oxidation sites excluding steroid dienone is 2. The summed E-state index contributed by atoms with van der Waals surface area (Å²) in [6.07, 6.45) is 8.68. The Labute approximate surface area is 171 Å². The van der Waals surface area contributed by atoms with E-state index >= 15 is 0 Å². The van der Waals surface area contributed by atoms with Crippen molar-refractivity contribution in [1.82, 2.24) is 14.9 Å². The number of aryl methyl sites for hydroxylation is 2. The van der Waals surface area contributed by atoms with Gasteiger partial charge in [0.15, 0.2) is 11.6 Å². The van der Waals surface area contributed by atoms with Crippen LogP contribution in [0.25, 0.3) is 16.5 Å². The van der Waals surface area contributed by atoms with Crippen molar-refractivity contribution in [2.75, 3.05) is 6.54 Å². The number of carbonyl (C=O) groups is 1. The molecule has 0 aliphatic carbocycles. The number of benzene rings is 1. The zero-order chi connectivity index (χ0) is 21.4. The number of halogens is 2. The number of aromatic nitrogens is 2. The van der Waals surface area contributed by atoms with E-state index in [4.69, 9.17) is 0 Å². The molecule has 2 aromatic heterocycles. The molecular weight excluding hydrogens is 388 g/mol. The Hall–Kier alpha value is -3.61. The predicted octanol–water partition coefficient (Wildman–Crippen LogP) is 3.80. The number of pyridine rings is 2. The van der Waals surface area contributed by atoms with E-state index in [1.807, 2.05) is 25.1 Å². The van der Waals surface area contributed by atoms with E-state index in [1.54, 1.807) is 18.6 Å². The molecule has 1 N–H and O–H groups in total. The second-order valence-electron chi connectivity index (χ2n) is 7.29. The van der Waals surface area contributed by atoms with Crippen LogP contribution in [0.4, 0.5) is 8.78 Å². The molecule has 5 nitrogen and oxygen atoms in total. The molecule has 3 heterocycles. The number of amides is 1. The first-order chi connectivity index (χ1) is 14.3. The maximum Gasteiger partial charge on any atom is 0.252 e. The quantitative estimate of drug-likeness (QED) is 0.718. The van der Waals surface area contributed by atoms with Crippen LogP contribution in [0.1, 0.15) is 22.3 Å². The number of aromatic amines is 1. The topological polar surface area (TPSA) is 66.1 Å². The molecule has 0 spiro atoms. The molecule has 1 aliphatic heterocycles. The van der Waals surface area contributed by atoms with Crippen molar-refractivity contribution in [1.29, 1.82) is 0 Å². The lowest BCUT2D eigenvalue weighted by molar-refractivity contribution is -0.127. The molecule has 3 aromatic rings. The van der Waals surface area contributed by atoms with Crippen molar-refractivity contribution in [2.45, 2.75) is 20.3 Å². The Kier molecular flexibility index (Phi) is 5.03. The predicted molar refractivity (Wildman–Crippen MR) is 111 cm³/mol. The average molecular weight is 407 g/mol. The summed E-state index contributed by atoms with van der Waals surface area (Å²) in [5.74, 6) is -2.35. The van der Waals surface area contributed by atoms with Crippen molar-refractivity contribution >= 4 is 22.4 Å². The van der Waals surface area contributed by atoms with Gasteiger partial charge in [0.05, 0.1) is 11.9 Å². The van der Waals surface area contributed by atoms with Crippen LogP contribution in [0.2, 0.25) is 0 Å². The van der Waals surface area contributed by atoms with E-state index in [1.165, 1.54) is 17.9 Å². The highest BCUT2D eigenvalue weighted by Crippen LogP contribution is 2.24. The number of nitrogens with one attached hydrogen (secondary N) is 1. The van der Waals surface area contributed by atoms with E-state index in [0.29, 0.717) is 6.54 Å². The maximum atomic E-state index is 14.3. The number of rotatable bonds is 3. The molecule has 1 aromatic carbocycles. The van der Waals surface area contributed by atoms with Gasteiger partial charge in [-0.05, 0) is 54.8 Å². The molecule has 0 radical (unpaired) electrons. The van der Waals surface area contributed by atoms with Crippen molar-refractivity contribution in [3.05, 3.63) is 93.2 Å². The van der Waals surface area contributed by atoms with Gasteiger partial charge in [-0.2, -0.15) is 0 Å². The zero-order valence-electron chi connectivity index (χ0n) is 16.5. The van der Waals surface area contributed by atoms with Crippen LogP contribution in [0, 0.1) is 25.5 Å². The first-order valence-electron chi connectivity index (χ1n) is 9.44. The lowest BCUT2D eigenvalue weighted by Crippen LogP contribution is -2.31. The van der Waals surface area contributed by atoms with Gasteiger partial charge in [-0.25, -0.2) is 8.78 Å². The summed E-state index contributed by atoms with van der Waals surface area (Å²) >= 11 is 0. The van der Waals surface area contributed by atoms with Gasteiger partial charge < -0.3 is 9.88 Å². The van der Waals surface area contributed by atoms with E-state index in [0.717, 1.165) is 22.8 Å². The van der Waals surface area contributed by atoms with Crippen LogP contribution in [-0.2, 0) is 11.2 Å². The van der Waals surface area contributed by atoms with Crippen molar-refractivity contribution in [3.63, 3.8) is 0 Å². The fourth-order valence-corrected chi connectivity index (χ4v) is 3.61. The number of H-pyrrole nitrogens is 1. The number of fused-ring (bicyclic) bond motifs is 1. The van der Waals surface area contributed by atoms with Gasteiger partial charge in [-0.15, -0.1) is 0 Å². The van der Waals surface area contributed by atoms with Gasteiger partial charge in [-0.1, -0.05) is 6.08 Å². The van der Waals surface area contributed by atoms with Crippen LogP contribution in [0.3, 0.4) is 0 Å². The van der Waals surface area contributed by atoms with Crippen molar-refractivity contribution in [2.24, 2.45) is 0 Å². The second kappa shape index (κ2) is 7.67. The Morgan fingerprint density at radius 3 is 2.73 bits per heavy atom. The minimum absolute atomic E-state index is 0.0132. The van der Waals surface area contributed by atoms with E-state index in [-0.39, 0.29) is 34.4 Å². The molecule has 0 bridgehead atoms. The number of hydrogen-bond donors (Lipinski definition) is 1. The van der Waals surface area contributed by atoms with Crippen molar-refractivity contribution in [3.8, 4) is 0 Å². The highest BCUT2D eigenvalue weighted by molar-refractivity contribution is 5.87. The fourth-order valence-electron chi connectivity index (χ4n) is 3.61. The first-order valence-corrected chi connectivity index (χ1v) is 9.44. The van der Waals surface area contributed by atoms with Gasteiger partial charge in [0, 0.05) is 41.7 Å². The molecule has 0 fully saturated rings. The van der Waals surface area contributed by atoms with Crippen LogP contribution in [-0.4, -0.2) is 27.3 Å². The number of carbonyl (C=O) groups excluding carboxylic acids is 1. The van der Waals surface area contributed by atoms with Crippen LogP contribution >= 0.6 is 0 Å². The lowest BCUT2D eigenvalue weighted by Gasteiger charge is -2.21. The largest absolute Gasteiger partial charge is 0.322 e. The summed E-state index contributed by atoms with van der Waals surface area (Å²) in [7, 11) is 0. The van der Waals surface area contributed by atoms with E-state index in [2.05, 4.69) is 9.97 Å². The minimum Gasteiger partial charge on any atom is -0.322 e. The Morgan fingerprint density at radius 1 is 1.23 bits per heavy atom. The maximum absolute atomic E-state index is 14.3. The molecule has 30 heavy (non-hydrogen) atoms. The molecule has 0 saturated heterocycles. The van der Waals surface area contributed by atoms with Crippen LogP contribution in [0.15, 0.2) is 53.7 Å². The van der Waals surface area contributed by atoms with Crippen LogP contribution < -0.4 is 5.56 Å². The molecule has 152 valence electrons. The summed E-state index contributed by atoms with van der Waals surface area (Å²) in [5.41, 5.74) is 3.05. The minimum atomic E-state index is -1.04. The van der Waals surface area contributed by atoms with Gasteiger partial charge in [0.25, 0.3) is 5.56 Å². The zero-order valence-corrected chi connectivity index (χ0v) is 16.5.